The average molecular weight is 339 g/mol. The fraction of sp³-hybridized carbons (Fsp3) is 0.647. The number of hydrogen-bond acceptors (Lipinski definition) is 4. The molecular weight excluding hydrogens is 314 g/mol. The molecule has 0 amide bonds. The van der Waals surface area contributed by atoms with Gasteiger partial charge < -0.3 is 9.47 Å². The number of ether oxygens (including phenoxy) is 2. The summed E-state index contributed by atoms with van der Waals surface area (Å²) < 4.78 is 38.7. The fourth-order valence-corrected chi connectivity index (χ4v) is 4.67. The van der Waals surface area contributed by atoms with Crippen LogP contribution in [0.2, 0.25) is 0 Å². The van der Waals surface area contributed by atoms with E-state index >= 15 is 0 Å². The highest BCUT2D eigenvalue weighted by Gasteiger charge is 2.35. The van der Waals surface area contributed by atoms with Crippen LogP contribution in [0.15, 0.2) is 24.3 Å². The normalized spacial score (nSPS) is 23.4. The molecule has 2 atom stereocenters. The molecule has 1 N–H and O–H groups in total. The first kappa shape index (κ1) is 16.7. The van der Waals surface area contributed by atoms with E-state index in [1.165, 1.54) is 0 Å². The number of hydrogen-bond donors (Lipinski definition) is 1. The molecular formula is C17H25NO4S. The molecule has 23 heavy (non-hydrogen) atoms. The standard InChI is InChI=1S/C17H25NO4S/c1-21-15-9-7-14(8-10-15)17(13-5-6-13)18-23(19,20)12-16-4-2-3-11-22-16/h7-10,13,16-18H,2-6,11-12H2,1H3/t16-,17-/m0/s1. The molecule has 3 rings (SSSR count). The third-order valence-corrected chi connectivity index (χ3v) is 5.98. The highest BCUT2D eigenvalue weighted by Crippen LogP contribution is 2.41. The summed E-state index contributed by atoms with van der Waals surface area (Å²) in [4.78, 5) is 0. The Morgan fingerprint density at radius 2 is 1.96 bits per heavy atom. The molecule has 2 fully saturated rings. The van der Waals surface area contributed by atoms with Gasteiger partial charge in [-0.1, -0.05) is 12.1 Å². The summed E-state index contributed by atoms with van der Waals surface area (Å²) in [6, 6.07) is 7.50. The van der Waals surface area contributed by atoms with Gasteiger partial charge in [0.15, 0.2) is 0 Å². The van der Waals surface area contributed by atoms with E-state index in [-0.39, 0.29) is 17.9 Å². The molecule has 128 valence electrons. The van der Waals surface area contributed by atoms with Crippen molar-refractivity contribution in [2.75, 3.05) is 19.5 Å². The summed E-state index contributed by atoms with van der Waals surface area (Å²) >= 11 is 0. The highest BCUT2D eigenvalue weighted by atomic mass is 32.2. The van der Waals surface area contributed by atoms with Gasteiger partial charge in [-0.15, -0.1) is 0 Å². The molecule has 1 aliphatic carbocycles. The monoisotopic (exact) mass is 339 g/mol. The van der Waals surface area contributed by atoms with Crippen LogP contribution in [0.25, 0.3) is 0 Å². The van der Waals surface area contributed by atoms with Gasteiger partial charge in [-0.25, -0.2) is 13.1 Å². The quantitative estimate of drug-likeness (QED) is 0.829. The van der Waals surface area contributed by atoms with E-state index < -0.39 is 10.0 Å². The third kappa shape index (κ3) is 4.68. The van der Waals surface area contributed by atoms with Gasteiger partial charge in [0.25, 0.3) is 0 Å². The number of nitrogens with one attached hydrogen (secondary N) is 1. The molecule has 1 aliphatic heterocycles. The maximum Gasteiger partial charge on any atom is 0.214 e. The maximum atomic E-state index is 12.5. The second kappa shape index (κ2) is 7.20. The minimum atomic E-state index is -3.36. The largest absolute Gasteiger partial charge is 0.497 e. The Kier molecular flexibility index (Phi) is 5.24. The lowest BCUT2D eigenvalue weighted by molar-refractivity contribution is 0.0303. The topological polar surface area (TPSA) is 64.6 Å². The Morgan fingerprint density at radius 3 is 2.52 bits per heavy atom. The second-order valence-electron chi connectivity index (χ2n) is 6.48. The first-order valence-corrected chi connectivity index (χ1v) is 9.98. The molecule has 1 saturated carbocycles. The van der Waals surface area contributed by atoms with Crippen LogP contribution < -0.4 is 9.46 Å². The summed E-state index contributed by atoms with van der Waals surface area (Å²) in [5.74, 6) is 1.24. The molecule has 1 heterocycles. The molecule has 1 aromatic carbocycles. The molecule has 0 bridgehead atoms. The number of sulfonamides is 1. The van der Waals surface area contributed by atoms with Crippen LogP contribution in [0.3, 0.4) is 0 Å². The molecule has 2 aliphatic rings. The van der Waals surface area contributed by atoms with Gasteiger partial charge in [0.05, 0.1) is 19.0 Å². The van der Waals surface area contributed by atoms with E-state index in [0.717, 1.165) is 43.4 Å². The van der Waals surface area contributed by atoms with Gasteiger partial charge >= 0.3 is 0 Å². The lowest BCUT2D eigenvalue weighted by Gasteiger charge is -2.24. The van der Waals surface area contributed by atoms with E-state index in [1.54, 1.807) is 7.11 Å². The van der Waals surface area contributed by atoms with E-state index in [9.17, 15) is 8.42 Å². The van der Waals surface area contributed by atoms with E-state index in [0.29, 0.717) is 12.5 Å². The Morgan fingerprint density at radius 1 is 1.22 bits per heavy atom. The minimum absolute atomic E-state index is 0.0619. The van der Waals surface area contributed by atoms with Crippen molar-refractivity contribution in [1.82, 2.24) is 4.72 Å². The van der Waals surface area contributed by atoms with Gasteiger partial charge in [-0.3, -0.25) is 0 Å². The first-order chi connectivity index (χ1) is 11.1. The molecule has 1 aromatic rings. The van der Waals surface area contributed by atoms with Crippen molar-refractivity contribution in [1.29, 1.82) is 0 Å². The van der Waals surface area contributed by atoms with Crippen molar-refractivity contribution < 1.29 is 17.9 Å². The second-order valence-corrected chi connectivity index (χ2v) is 8.27. The van der Waals surface area contributed by atoms with Gasteiger partial charge in [0, 0.05) is 12.6 Å². The Hall–Kier alpha value is -1.11. The molecule has 0 radical (unpaired) electrons. The van der Waals surface area contributed by atoms with Crippen LogP contribution in [0.1, 0.15) is 43.7 Å². The van der Waals surface area contributed by atoms with Crippen molar-refractivity contribution >= 4 is 10.0 Å². The minimum Gasteiger partial charge on any atom is -0.497 e. The van der Waals surface area contributed by atoms with Gasteiger partial charge in [0.2, 0.25) is 10.0 Å². The van der Waals surface area contributed by atoms with Crippen LogP contribution in [0.4, 0.5) is 0 Å². The first-order valence-electron chi connectivity index (χ1n) is 8.33. The van der Waals surface area contributed by atoms with Crippen molar-refractivity contribution in [3.63, 3.8) is 0 Å². The van der Waals surface area contributed by atoms with E-state index in [4.69, 9.17) is 9.47 Å². The van der Waals surface area contributed by atoms with Crippen LogP contribution >= 0.6 is 0 Å². The highest BCUT2D eigenvalue weighted by molar-refractivity contribution is 7.89. The molecule has 0 spiro atoms. The van der Waals surface area contributed by atoms with Crippen molar-refractivity contribution in [3.8, 4) is 5.75 Å². The smallest absolute Gasteiger partial charge is 0.214 e. The van der Waals surface area contributed by atoms with Crippen molar-refractivity contribution in [2.24, 2.45) is 5.92 Å². The maximum absolute atomic E-state index is 12.5. The lowest BCUT2D eigenvalue weighted by atomic mass is 10.0. The summed E-state index contributed by atoms with van der Waals surface area (Å²) in [7, 11) is -1.73. The third-order valence-electron chi connectivity index (χ3n) is 4.55. The van der Waals surface area contributed by atoms with Crippen LogP contribution in [-0.2, 0) is 14.8 Å². The lowest BCUT2D eigenvalue weighted by Crippen LogP contribution is -2.37. The van der Waals surface area contributed by atoms with Crippen molar-refractivity contribution in [2.45, 2.75) is 44.2 Å². The molecule has 0 unspecified atom stereocenters. The fourth-order valence-electron chi connectivity index (χ4n) is 3.10. The van der Waals surface area contributed by atoms with E-state index in [2.05, 4.69) is 4.72 Å². The van der Waals surface area contributed by atoms with Crippen molar-refractivity contribution in [3.05, 3.63) is 29.8 Å². The van der Waals surface area contributed by atoms with Crippen LogP contribution in [0.5, 0.6) is 5.75 Å². The predicted molar refractivity (Wildman–Crippen MR) is 89.0 cm³/mol. The average Bonchev–Trinajstić information content (AvgIpc) is 3.38. The molecule has 1 saturated heterocycles. The van der Waals surface area contributed by atoms with Crippen LogP contribution in [0, 0.1) is 5.92 Å². The molecule has 0 aromatic heterocycles. The Bertz CT molecular complexity index is 604. The predicted octanol–water partition coefficient (Wildman–Crippen LogP) is 2.63. The zero-order chi connectivity index (χ0) is 16.3. The zero-order valence-corrected chi connectivity index (χ0v) is 14.3. The van der Waals surface area contributed by atoms with Gasteiger partial charge in [-0.2, -0.15) is 0 Å². The van der Waals surface area contributed by atoms with Crippen LogP contribution in [-0.4, -0.2) is 34.0 Å². The van der Waals surface area contributed by atoms with Gasteiger partial charge in [0.1, 0.15) is 5.75 Å². The SMILES string of the molecule is COc1ccc([C@@H](NS(=O)(=O)C[C@@H]2CCCCO2)C2CC2)cc1. The van der Waals surface area contributed by atoms with Gasteiger partial charge in [-0.05, 0) is 55.7 Å². The Labute approximate surface area is 138 Å². The molecule has 5 nitrogen and oxygen atoms in total. The number of methoxy groups -OCH3 is 1. The number of rotatable bonds is 7. The summed E-state index contributed by atoms with van der Waals surface area (Å²) in [6.45, 7) is 0.671. The number of benzene rings is 1. The zero-order valence-electron chi connectivity index (χ0n) is 13.5. The Balaban J connectivity index is 1.68. The summed E-state index contributed by atoms with van der Waals surface area (Å²) in [5.41, 5.74) is 1.00. The van der Waals surface area contributed by atoms with E-state index in [1.807, 2.05) is 24.3 Å². The molecule has 6 heteroatoms. The summed E-state index contributed by atoms with van der Waals surface area (Å²) in [5, 5.41) is 0. The summed E-state index contributed by atoms with van der Waals surface area (Å²) in [6.07, 6.45) is 4.87.